The first kappa shape index (κ1) is 17.9. The van der Waals surface area contributed by atoms with Crippen molar-refractivity contribution in [3.8, 4) is 5.75 Å². The highest BCUT2D eigenvalue weighted by Crippen LogP contribution is 2.27. The Bertz CT molecular complexity index is 555. The lowest BCUT2D eigenvalue weighted by Crippen LogP contribution is -2.38. The fourth-order valence-electron chi connectivity index (χ4n) is 2.92. The van der Waals surface area contributed by atoms with Crippen molar-refractivity contribution in [2.75, 3.05) is 13.7 Å². The Labute approximate surface area is 134 Å². The highest BCUT2D eigenvalue weighted by molar-refractivity contribution is 5.88. The van der Waals surface area contributed by atoms with Gasteiger partial charge in [0.05, 0.1) is 12.6 Å². The molecule has 2 aromatic rings. The normalized spacial score (nSPS) is 11.4. The maximum Gasteiger partial charge on any atom is 0.142 e. The van der Waals surface area contributed by atoms with Crippen LogP contribution in [-0.2, 0) is 6.42 Å². The van der Waals surface area contributed by atoms with Crippen molar-refractivity contribution in [3.63, 3.8) is 0 Å². The molecular formula is C17H27ClN2O. The largest absolute Gasteiger partial charge is 0.495 e. The third-order valence-electron chi connectivity index (χ3n) is 3.95. The molecule has 0 saturated heterocycles. The van der Waals surface area contributed by atoms with E-state index in [9.17, 15) is 0 Å². The van der Waals surface area contributed by atoms with Crippen molar-refractivity contribution in [2.45, 2.75) is 46.2 Å². The van der Waals surface area contributed by atoms with Gasteiger partial charge in [0.2, 0.25) is 0 Å². The molecule has 3 nitrogen and oxygen atoms in total. The second kappa shape index (κ2) is 7.71. The summed E-state index contributed by atoms with van der Waals surface area (Å²) in [7, 11) is 1.72. The molecule has 1 aromatic heterocycles. The van der Waals surface area contributed by atoms with Crippen LogP contribution in [0, 0.1) is 0 Å². The minimum Gasteiger partial charge on any atom is -0.495 e. The second-order valence-electron chi connectivity index (χ2n) is 5.87. The number of benzene rings is 1. The van der Waals surface area contributed by atoms with E-state index >= 15 is 0 Å². The molecule has 0 saturated carbocycles. The number of methoxy groups -OCH3 is 1. The molecule has 1 heterocycles. The van der Waals surface area contributed by atoms with Crippen molar-refractivity contribution in [3.05, 3.63) is 30.0 Å². The maximum absolute atomic E-state index is 5.40. The fraction of sp³-hybridized carbons (Fsp3) is 0.529. The molecule has 21 heavy (non-hydrogen) atoms. The van der Waals surface area contributed by atoms with E-state index in [1.807, 2.05) is 6.07 Å². The van der Waals surface area contributed by atoms with Gasteiger partial charge in [-0.1, -0.05) is 12.1 Å². The van der Waals surface area contributed by atoms with Crippen LogP contribution in [0.2, 0.25) is 0 Å². The number of aromatic amines is 1. The molecule has 0 spiro atoms. The summed E-state index contributed by atoms with van der Waals surface area (Å²) in [5.41, 5.74) is 2.47. The van der Waals surface area contributed by atoms with E-state index in [2.05, 4.69) is 55.9 Å². The molecule has 0 fully saturated rings. The maximum atomic E-state index is 5.40. The fourth-order valence-corrected chi connectivity index (χ4v) is 2.92. The number of ether oxygens (including phenoxy) is 1. The van der Waals surface area contributed by atoms with Gasteiger partial charge < -0.3 is 9.72 Å². The van der Waals surface area contributed by atoms with Crippen LogP contribution in [0.4, 0.5) is 0 Å². The minimum absolute atomic E-state index is 0. The number of H-pyrrole nitrogens is 1. The van der Waals surface area contributed by atoms with Crippen molar-refractivity contribution < 1.29 is 4.74 Å². The molecule has 1 N–H and O–H groups in total. The van der Waals surface area contributed by atoms with Gasteiger partial charge in [0.25, 0.3) is 0 Å². The van der Waals surface area contributed by atoms with E-state index in [1.54, 1.807) is 7.11 Å². The summed E-state index contributed by atoms with van der Waals surface area (Å²) in [6.07, 6.45) is 3.18. The highest BCUT2D eigenvalue weighted by Gasteiger charge is 2.14. The Kier molecular flexibility index (Phi) is 6.56. The van der Waals surface area contributed by atoms with Crippen molar-refractivity contribution in [1.29, 1.82) is 0 Å². The summed E-state index contributed by atoms with van der Waals surface area (Å²) in [5, 5.41) is 1.27. The third-order valence-corrected chi connectivity index (χ3v) is 3.95. The van der Waals surface area contributed by atoms with Gasteiger partial charge in [-0.3, -0.25) is 4.90 Å². The average molecular weight is 311 g/mol. The molecule has 0 aliphatic rings. The molecule has 0 amide bonds. The molecule has 0 atom stereocenters. The predicted molar refractivity (Wildman–Crippen MR) is 92.8 cm³/mol. The zero-order chi connectivity index (χ0) is 14.7. The van der Waals surface area contributed by atoms with Crippen molar-refractivity contribution in [1.82, 2.24) is 9.88 Å². The smallest absolute Gasteiger partial charge is 0.142 e. The molecule has 0 unspecified atom stereocenters. The third kappa shape index (κ3) is 3.92. The SMILES string of the molecule is COc1cccc2c(CCN(C(C)C)C(C)C)c[nH]c12.Cl. The molecule has 118 valence electrons. The first-order valence-corrected chi connectivity index (χ1v) is 7.43. The number of para-hydroxylation sites is 1. The summed E-state index contributed by atoms with van der Waals surface area (Å²) >= 11 is 0. The first-order valence-electron chi connectivity index (χ1n) is 7.43. The number of halogens is 1. The Morgan fingerprint density at radius 1 is 1.14 bits per heavy atom. The Morgan fingerprint density at radius 3 is 2.38 bits per heavy atom. The highest BCUT2D eigenvalue weighted by atomic mass is 35.5. The Balaban J connectivity index is 0.00000220. The van der Waals surface area contributed by atoms with Crippen LogP contribution in [-0.4, -0.2) is 35.6 Å². The summed E-state index contributed by atoms with van der Waals surface area (Å²) in [6, 6.07) is 7.38. The van der Waals surface area contributed by atoms with Crippen molar-refractivity contribution >= 4 is 23.3 Å². The lowest BCUT2D eigenvalue weighted by molar-refractivity contribution is 0.177. The standard InChI is InChI=1S/C17H26N2O.ClH/c1-12(2)19(13(3)4)10-9-14-11-18-17-15(14)7-6-8-16(17)20-5;/h6-8,11-13,18H,9-10H2,1-5H3;1H. The lowest BCUT2D eigenvalue weighted by Gasteiger charge is -2.30. The number of aromatic nitrogens is 1. The van der Waals surface area contributed by atoms with E-state index in [0.29, 0.717) is 12.1 Å². The van der Waals surface area contributed by atoms with Gasteiger partial charge in [-0.25, -0.2) is 0 Å². The molecule has 0 aliphatic heterocycles. The first-order chi connectivity index (χ1) is 9.54. The van der Waals surface area contributed by atoms with Crippen LogP contribution in [0.5, 0.6) is 5.75 Å². The average Bonchev–Trinajstić information content (AvgIpc) is 2.81. The zero-order valence-corrected chi connectivity index (χ0v) is 14.5. The quantitative estimate of drug-likeness (QED) is 0.863. The van der Waals surface area contributed by atoms with Gasteiger partial charge in [0.15, 0.2) is 0 Å². The molecule has 1 aromatic carbocycles. The molecule has 0 aliphatic carbocycles. The number of nitrogens with one attached hydrogen (secondary N) is 1. The van der Waals surface area contributed by atoms with Gasteiger partial charge in [-0.15, -0.1) is 12.4 Å². The van der Waals surface area contributed by atoms with Crippen LogP contribution in [0.15, 0.2) is 24.4 Å². The van der Waals surface area contributed by atoms with E-state index < -0.39 is 0 Å². The van der Waals surface area contributed by atoms with Crippen molar-refractivity contribution in [2.24, 2.45) is 0 Å². The van der Waals surface area contributed by atoms with Gasteiger partial charge in [0, 0.05) is 30.2 Å². The van der Waals surface area contributed by atoms with Crippen LogP contribution in [0.3, 0.4) is 0 Å². The molecule has 4 heteroatoms. The monoisotopic (exact) mass is 310 g/mol. The van der Waals surface area contributed by atoms with E-state index in [4.69, 9.17) is 4.74 Å². The van der Waals surface area contributed by atoms with Crippen LogP contribution in [0.25, 0.3) is 10.9 Å². The number of nitrogens with zero attached hydrogens (tertiary/aromatic N) is 1. The van der Waals surface area contributed by atoms with Crippen LogP contribution >= 0.6 is 12.4 Å². The molecule has 2 rings (SSSR count). The van der Waals surface area contributed by atoms with Crippen LogP contribution < -0.4 is 4.74 Å². The summed E-state index contributed by atoms with van der Waals surface area (Å²) in [5.74, 6) is 0.915. The van der Waals surface area contributed by atoms with Gasteiger partial charge >= 0.3 is 0 Å². The summed E-state index contributed by atoms with van der Waals surface area (Å²) in [4.78, 5) is 5.87. The molecule has 0 bridgehead atoms. The van der Waals surface area contributed by atoms with Gasteiger partial charge in [-0.2, -0.15) is 0 Å². The minimum atomic E-state index is 0. The van der Waals surface area contributed by atoms with E-state index in [0.717, 1.165) is 24.2 Å². The van der Waals surface area contributed by atoms with Crippen LogP contribution in [0.1, 0.15) is 33.3 Å². The Morgan fingerprint density at radius 2 is 1.81 bits per heavy atom. The van der Waals surface area contributed by atoms with E-state index in [-0.39, 0.29) is 12.4 Å². The van der Waals surface area contributed by atoms with Gasteiger partial charge in [0.1, 0.15) is 5.75 Å². The summed E-state index contributed by atoms with van der Waals surface area (Å²) < 4.78 is 5.40. The number of rotatable bonds is 6. The second-order valence-corrected chi connectivity index (χ2v) is 5.87. The van der Waals surface area contributed by atoms with Gasteiger partial charge in [-0.05, 0) is 45.7 Å². The lowest BCUT2D eigenvalue weighted by atomic mass is 10.1. The van der Waals surface area contributed by atoms with E-state index in [1.165, 1.54) is 10.9 Å². The Hall–Kier alpha value is -1.19. The molecule has 0 radical (unpaired) electrons. The number of fused-ring (bicyclic) bond motifs is 1. The predicted octanol–water partition coefficient (Wildman–Crippen LogP) is 4.26. The summed E-state index contributed by atoms with van der Waals surface area (Å²) in [6.45, 7) is 10.1. The zero-order valence-electron chi connectivity index (χ0n) is 13.6. The number of hydrogen-bond acceptors (Lipinski definition) is 2. The number of hydrogen-bond donors (Lipinski definition) is 1. The molecular weight excluding hydrogens is 284 g/mol. The topological polar surface area (TPSA) is 28.3 Å².